The molecule has 28 heavy (non-hydrogen) atoms. The third-order valence-electron chi connectivity index (χ3n) is 5.31. The summed E-state index contributed by atoms with van der Waals surface area (Å²) in [5.41, 5.74) is 7.44. The van der Waals surface area contributed by atoms with E-state index in [1.54, 1.807) is 11.0 Å². The lowest BCUT2D eigenvalue weighted by molar-refractivity contribution is -0.139. The van der Waals surface area contributed by atoms with Gasteiger partial charge in [-0.25, -0.2) is 9.18 Å². The summed E-state index contributed by atoms with van der Waals surface area (Å²) in [7, 11) is 0. The first-order valence-electron chi connectivity index (χ1n) is 8.99. The minimum atomic E-state index is -1.07. The third kappa shape index (κ3) is 3.07. The second-order valence-corrected chi connectivity index (χ2v) is 7.03. The van der Waals surface area contributed by atoms with Crippen molar-refractivity contribution in [3.63, 3.8) is 0 Å². The molecular weight excluding hydrogens is 359 g/mol. The van der Waals surface area contributed by atoms with Crippen molar-refractivity contribution in [1.82, 2.24) is 0 Å². The van der Waals surface area contributed by atoms with E-state index in [2.05, 4.69) is 0 Å². The Labute approximate surface area is 161 Å². The third-order valence-corrected chi connectivity index (χ3v) is 5.31. The fourth-order valence-electron chi connectivity index (χ4n) is 4.16. The van der Waals surface area contributed by atoms with Crippen LogP contribution in [0.4, 0.5) is 10.1 Å². The summed E-state index contributed by atoms with van der Waals surface area (Å²) in [5.74, 6) is -2.85. The van der Waals surface area contributed by atoms with Crippen LogP contribution in [0, 0.1) is 5.82 Å². The molecule has 2 unspecified atom stereocenters. The van der Waals surface area contributed by atoms with Crippen molar-refractivity contribution < 1.29 is 19.1 Å². The maximum Gasteiger partial charge on any atom is 0.327 e. The van der Waals surface area contributed by atoms with Gasteiger partial charge in [0.25, 0.3) is 0 Å². The fourth-order valence-corrected chi connectivity index (χ4v) is 4.16. The number of primary amides is 1. The molecule has 3 aromatic rings. The molecule has 4 rings (SSSR count). The molecule has 5 nitrogen and oxygen atoms in total. The van der Waals surface area contributed by atoms with Gasteiger partial charge in [0.1, 0.15) is 11.9 Å². The number of halogens is 1. The average molecular weight is 378 g/mol. The number of carbonyl (C=O) groups excluding carboxylic acids is 1. The SMILES string of the molecule is NC(=O)CC1c2cc(F)ccc2N(Cc2cccc3ccccc23)C1C(=O)O. The molecule has 0 saturated heterocycles. The Morgan fingerprint density at radius 1 is 1.07 bits per heavy atom. The molecule has 0 saturated carbocycles. The number of hydrogen-bond donors (Lipinski definition) is 2. The minimum absolute atomic E-state index is 0.153. The molecule has 1 aliphatic heterocycles. The Bertz CT molecular complexity index is 1080. The smallest absolute Gasteiger partial charge is 0.327 e. The number of carboxylic acids is 1. The van der Waals surface area contributed by atoms with E-state index >= 15 is 0 Å². The molecule has 1 heterocycles. The van der Waals surface area contributed by atoms with E-state index in [0.717, 1.165) is 16.3 Å². The van der Waals surface area contributed by atoms with Crippen LogP contribution in [-0.4, -0.2) is 23.0 Å². The largest absolute Gasteiger partial charge is 0.480 e. The zero-order valence-electron chi connectivity index (χ0n) is 15.0. The molecule has 2 atom stereocenters. The minimum Gasteiger partial charge on any atom is -0.480 e. The predicted molar refractivity (Wildman–Crippen MR) is 105 cm³/mol. The number of benzene rings is 3. The Balaban J connectivity index is 1.82. The van der Waals surface area contributed by atoms with Gasteiger partial charge in [-0.3, -0.25) is 4.79 Å². The average Bonchev–Trinajstić information content (AvgIpc) is 2.94. The van der Waals surface area contributed by atoms with Gasteiger partial charge in [-0.15, -0.1) is 0 Å². The monoisotopic (exact) mass is 378 g/mol. The van der Waals surface area contributed by atoms with Crippen molar-refractivity contribution in [3.05, 3.63) is 77.6 Å². The number of aliphatic carboxylic acids is 1. The van der Waals surface area contributed by atoms with Crippen molar-refractivity contribution in [2.45, 2.75) is 24.9 Å². The van der Waals surface area contributed by atoms with Gasteiger partial charge in [-0.05, 0) is 40.1 Å². The molecule has 142 valence electrons. The lowest BCUT2D eigenvalue weighted by atomic mass is 9.91. The molecule has 6 heteroatoms. The highest BCUT2D eigenvalue weighted by molar-refractivity contribution is 5.89. The van der Waals surface area contributed by atoms with Crippen LogP contribution in [0.15, 0.2) is 60.7 Å². The van der Waals surface area contributed by atoms with Gasteiger partial charge in [-0.1, -0.05) is 42.5 Å². The van der Waals surface area contributed by atoms with Crippen LogP contribution in [-0.2, 0) is 16.1 Å². The van der Waals surface area contributed by atoms with E-state index < -0.39 is 29.7 Å². The van der Waals surface area contributed by atoms with Gasteiger partial charge >= 0.3 is 5.97 Å². The van der Waals surface area contributed by atoms with Gasteiger partial charge in [0, 0.05) is 24.6 Å². The van der Waals surface area contributed by atoms with Crippen LogP contribution in [0.5, 0.6) is 0 Å². The van der Waals surface area contributed by atoms with Crippen LogP contribution < -0.4 is 10.6 Å². The van der Waals surface area contributed by atoms with Crippen molar-refractivity contribution in [1.29, 1.82) is 0 Å². The van der Waals surface area contributed by atoms with E-state index in [9.17, 15) is 19.1 Å². The summed E-state index contributed by atoms with van der Waals surface area (Å²) in [4.78, 5) is 25.4. The summed E-state index contributed by atoms with van der Waals surface area (Å²) in [6.45, 7) is 0.326. The summed E-state index contributed by atoms with van der Waals surface area (Å²) in [6.07, 6.45) is -0.153. The molecule has 3 N–H and O–H groups in total. The number of fused-ring (bicyclic) bond motifs is 2. The first-order valence-corrected chi connectivity index (χ1v) is 8.99. The maximum absolute atomic E-state index is 13.9. The second kappa shape index (κ2) is 6.96. The molecule has 0 bridgehead atoms. The number of rotatable bonds is 5. The number of anilines is 1. The van der Waals surface area contributed by atoms with Crippen LogP contribution in [0.3, 0.4) is 0 Å². The Morgan fingerprint density at radius 3 is 2.57 bits per heavy atom. The molecule has 0 radical (unpaired) electrons. The topological polar surface area (TPSA) is 83.6 Å². The molecule has 1 amide bonds. The summed E-state index contributed by atoms with van der Waals surface area (Å²) in [5, 5.41) is 12.0. The van der Waals surface area contributed by atoms with Gasteiger partial charge in [0.05, 0.1) is 0 Å². The van der Waals surface area contributed by atoms with E-state index in [4.69, 9.17) is 5.73 Å². The highest BCUT2D eigenvalue weighted by Crippen LogP contribution is 2.44. The highest BCUT2D eigenvalue weighted by atomic mass is 19.1. The molecular formula is C22H19FN2O3. The van der Waals surface area contributed by atoms with E-state index in [1.807, 2.05) is 42.5 Å². The lowest BCUT2D eigenvalue weighted by Crippen LogP contribution is -2.41. The quantitative estimate of drug-likeness (QED) is 0.713. The van der Waals surface area contributed by atoms with E-state index in [-0.39, 0.29) is 6.42 Å². The summed E-state index contributed by atoms with van der Waals surface area (Å²) in [6, 6.07) is 16.9. The summed E-state index contributed by atoms with van der Waals surface area (Å²) < 4.78 is 13.9. The first-order chi connectivity index (χ1) is 13.5. The second-order valence-electron chi connectivity index (χ2n) is 7.03. The van der Waals surface area contributed by atoms with Crippen molar-refractivity contribution in [3.8, 4) is 0 Å². The zero-order valence-corrected chi connectivity index (χ0v) is 15.0. The normalized spacial score (nSPS) is 18.2. The molecule has 0 fully saturated rings. The first kappa shape index (κ1) is 18.0. The molecule has 0 spiro atoms. The van der Waals surface area contributed by atoms with Crippen LogP contribution >= 0.6 is 0 Å². The standard InChI is InChI=1S/C22H19FN2O3/c23-15-8-9-19-17(10-15)18(11-20(24)26)21(22(27)28)25(19)12-14-6-3-5-13-4-1-2-7-16(13)14/h1-10,18,21H,11-12H2,(H2,24,26)(H,27,28). The van der Waals surface area contributed by atoms with Crippen molar-refractivity contribution in [2.24, 2.45) is 5.73 Å². The number of nitrogens with zero attached hydrogens (tertiary/aromatic N) is 1. The van der Waals surface area contributed by atoms with Crippen LogP contribution in [0.1, 0.15) is 23.5 Å². The lowest BCUT2D eigenvalue weighted by Gasteiger charge is -2.27. The molecule has 0 aromatic heterocycles. The Morgan fingerprint density at radius 2 is 1.82 bits per heavy atom. The molecule has 3 aromatic carbocycles. The number of nitrogens with two attached hydrogens (primary N) is 1. The van der Waals surface area contributed by atoms with Crippen molar-refractivity contribution >= 4 is 28.3 Å². The van der Waals surface area contributed by atoms with Gasteiger partial charge in [0.2, 0.25) is 5.91 Å². The summed E-state index contributed by atoms with van der Waals surface area (Å²) >= 11 is 0. The van der Waals surface area contributed by atoms with E-state index in [1.165, 1.54) is 12.1 Å². The maximum atomic E-state index is 13.9. The zero-order chi connectivity index (χ0) is 19.8. The molecule has 0 aliphatic carbocycles. The van der Waals surface area contributed by atoms with E-state index in [0.29, 0.717) is 17.8 Å². The Hall–Kier alpha value is -3.41. The number of amides is 1. The van der Waals surface area contributed by atoms with Gasteiger partial charge in [-0.2, -0.15) is 0 Å². The fraction of sp³-hybridized carbons (Fsp3) is 0.182. The Kier molecular flexibility index (Phi) is 4.47. The van der Waals surface area contributed by atoms with Crippen LogP contribution in [0.25, 0.3) is 10.8 Å². The van der Waals surface area contributed by atoms with Crippen molar-refractivity contribution in [2.75, 3.05) is 4.90 Å². The highest BCUT2D eigenvalue weighted by Gasteiger charge is 2.43. The van der Waals surface area contributed by atoms with Gasteiger partial charge < -0.3 is 15.7 Å². The molecule has 1 aliphatic rings. The predicted octanol–water partition coefficient (Wildman–Crippen LogP) is 3.41. The number of hydrogen-bond acceptors (Lipinski definition) is 3. The van der Waals surface area contributed by atoms with Gasteiger partial charge in [0.15, 0.2) is 0 Å². The number of carboxylic acid groups (broad SMARTS) is 1. The number of carbonyl (C=O) groups is 2. The van der Waals surface area contributed by atoms with Crippen LogP contribution in [0.2, 0.25) is 0 Å².